The van der Waals surface area contributed by atoms with E-state index in [9.17, 15) is 0 Å². The van der Waals surface area contributed by atoms with Crippen molar-refractivity contribution in [3.63, 3.8) is 0 Å². The molecule has 2 rings (SSSR count). The Labute approximate surface area is 107 Å². The van der Waals surface area contributed by atoms with Crippen molar-refractivity contribution >= 4 is 17.3 Å². The van der Waals surface area contributed by atoms with Gasteiger partial charge in [-0.1, -0.05) is 18.9 Å². The van der Waals surface area contributed by atoms with Crippen LogP contribution < -0.4 is 10.6 Å². The molecule has 94 valence electrons. The average Bonchev–Trinajstić information content (AvgIpc) is 3.02. The lowest BCUT2D eigenvalue weighted by molar-refractivity contribution is 0.684. The number of guanidine groups is 1. The molecule has 0 saturated heterocycles. The number of aliphatic imine (C=N–C) groups is 1. The number of nitrogens with one attached hydrogen (secondary N) is 2. The summed E-state index contributed by atoms with van der Waals surface area (Å²) in [6, 6.07) is 4.28. The van der Waals surface area contributed by atoms with Gasteiger partial charge in [0.2, 0.25) is 0 Å². The molecule has 0 aliphatic heterocycles. The topological polar surface area (TPSA) is 36.4 Å². The van der Waals surface area contributed by atoms with Crippen molar-refractivity contribution in [2.24, 2.45) is 10.9 Å². The third-order valence-electron chi connectivity index (χ3n) is 3.01. The molecule has 1 aliphatic carbocycles. The SMILES string of the molecule is CN=C(NCCc1cccs1)NCCC1CC1. The van der Waals surface area contributed by atoms with Gasteiger partial charge in [0.25, 0.3) is 0 Å². The number of rotatable bonds is 6. The zero-order valence-corrected chi connectivity index (χ0v) is 11.2. The molecule has 1 aromatic heterocycles. The van der Waals surface area contributed by atoms with Crippen molar-refractivity contribution in [3.8, 4) is 0 Å². The lowest BCUT2D eigenvalue weighted by Crippen LogP contribution is -2.38. The van der Waals surface area contributed by atoms with E-state index in [0.29, 0.717) is 0 Å². The van der Waals surface area contributed by atoms with Gasteiger partial charge in [0.15, 0.2) is 5.96 Å². The Morgan fingerprint density at radius 2 is 2.24 bits per heavy atom. The van der Waals surface area contributed by atoms with Gasteiger partial charge in [-0.25, -0.2) is 0 Å². The van der Waals surface area contributed by atoms with Gasteiger partial charge in [-0.15, -0.1) is 11.3 Å². The molecule has 0 radical (unpaired) electrons. The minimum atomic E-state index is 0.933. The largest absolute Gasteiger partial charge is 0.356 e. The van der Waals surface area contributed by atoms with Crippen LogP contribution in [0, 0.1) is 5.92 Å². The zero-order valence-electron chi connectivity index (χ0n) is 10.4. The highest BCUT2D eigenvalue weighted by atomic mass is 32.1. The number of thiophene rings is 1. The molecule has 0 atom stereocenters. The lowest BCUT2D eigenvalue weighted by atomic mass is 10.3. The Morgan fingerprint density at radius 3 is 2.88 bits per heavy atom. The summed E-state index contributed by atoms with van der Waals surface area (Å²) in [6.07, 6.45) is 5.20. The van der Waals surface area contributed by atoms with Crippen molar-refractivity contribution in [1.82, 2.24) is 10.6 Å². The fourth-order valence-electron chi connectivity index (χ4n) is 1.78. The first kappa shape index (κ1) is 12.4. The van der Waals surface area contributed by atoms with Crippen LogP contribution in [0.5, 0.6) is 0 Å². The minimum absolute atomic E-state index is 0.933. The van der Waals surface area contributed by atoms with Crippen LogP contribution in [0.15, 0.2) is 22.5 Å². The van der Waals surface area contributed by atoms with Crippen molar-refractivity contribution in [1.29, 1.82) is 0 Å². The molecule has 1 aliphatic rings. The van der Waals surface area contributed by atoms with Crippen LogP contribution in [0.3, 0.4) is 0 Å². The Hall–Kier alpha value is -1.03. The molecule has 3 nitrogen and oxygen atoms in total. The average molecular weight is 251 g/mol. The first-order valence-corrected chi connectivity index (χ1v) is 7.23. The maximum absolute atomic E-state index is 4.22. The summed E-state index contributed by atoms with van der Waals surface area (Å²) < 4.78 is 0. The van der Waals surface area contributed by atoms with Crippen LogP contribution in [0.25, 0.3) is 0 Å². The third-order valence-corrected chi connectivity index (χ3v) is 3.95. The first-order valence-electron chi connectivity index (χ1n) is 6.35. The second kappa shape index (κ2) is 6.64. The highest BCUT2D eigenvalue weighted by molar-refractivity contribution is 7.09. The summed E-state index contributed by atoms with van der Waals surface area (Å²) in [5, 5.41) is 8.83. The highest BCUT2D eigenvalue weighted by Crippen LogP contribution is 2.31. The van der Waals surface area contributed by atoms with Crippen LogP contribution in [-0.2, 0) is 6.42 Å². The van der Waals surface area contributed by atoms with Crippen molar-refractivity contribution in [2.75, 3.05) is 20.1 Å². The molecule has 0 unspecified atom stereocenters. The van der Waals surface area contributed by atoms with Crippen molar-refractivity contribution < 1.29 is 0 Å². The molecule has 4 heteroatoms. The first-order chi connectivity index (χ1) is 8.38. The normalized spacial score (nSPS) is 15.9. The van der Waals surface area contributed by atoms with Crippen LogP contribution >= 0.6 is 11.3 Å². The van der Waals surface area contributed by atoms with E-state index in [1.165, 1.54) is 24.1 Å². The van der Waals surface area contributed by atoms with Gasteiger partial charge in [-0.3, -0.25) is 4.99 Å². The highest BCUT2D eigenvalue weighted by Gasteiger charge is 2.20. The number of hydrogen-bond acceptors (Lipinski definition) is 2. The predicted octanol–water partition coefficient (Wildman–Crippen LogP) is 2.26. The molecular weight excluding hydrogens is 230 g/mol. The maximum Gasteiger partial charge on any atom is 0.190 e. The summed E-state index contributed by atoms with van der Waals surface area (Å²) in [5.41, 5.74) is 0. The Kier molecular flexibility index (Phi) is 4.86. The fraction of sp³-hybridized carbons (Fsp3) is 0.615. The zero-order chi connectivity index (χ0) is 11.9. The van der Waals surface area contributed by atoms with E-state index in [4.69, 9.17) is 0 Å². The molecular formula is C13H21N3S. The molecule has 1 aromatic rings. The third kappa shape index (κ3) is 4.77. The molecule has 0 bridgehead atoms. The predicted molar refractivity (Wildman–Crippen MR) is 74.7 cm³/mol. The van der Waals surface area contributed by atoms with Crippen LogP contribution in [0.1, 0.15) is 24.1 Å². The van der Waals surface area contributed by atoms with E-state index >= 15 is 0 Å². The van der Waals surface area contributed by atoms with Gasteiger partial charge >= 0.3 is 0 Å². The molecule has 0 amide bonds. The second-order valence-corrected chi connectivity index (χ2v) is 5.52. The number of nitrogens with zero attached hydrogens (tertiary/aromatic N) is 1. The molecule has 0 spiro atoms. The molecule has 0 aromatic carbocycles. The van der Waals surface area contributed by atoms with E-state index in [1.54, 1.807) is 0 Å². The quantitative estimate of drug-likeness (QED) is 0.601. The summed E-state index contributed by atoms with van der Waals surface area (Å²) in [4.78, 5) is 5.64. The molecule has 1 heterocycles. The van der Waals surface area contributed by atoms with E-state index < -0.39 is 0 Å². The van der Waals surface area contributed by atoms with Gasteiger partial charge in [0.05, 0.1) is 0 Å². The van der Waals surface area contributed by atoms with E-state index in [2.05, 4.69) is 33.1 Å². The van der Waals surface area contributed by atoms with Gasteiger partial charge in [0, 0.05) is 25.0 Å². The summed E-state index contributed by atoms with van der Waals surface area (Å²) in [7, 11) is 1.83. The van der Waals surface area contributed by atoms with E-state index in [-0.39, 0.29) is 0 Å². The maximum atomic E-state index is 4.22. The van der Waals surface area contributed by atoms with Crippen LogP contribution in [-0.4, -0.2) is 26.1 Å². The molecule has 2 N–H and O–H groups in total. The Morgan fingerprint density at radius 1 is 1.41 bits per heavy atom. The molecule has 1 fully saturated rings. The second-order valence-electron chi connectivity index (χ2n) is 4.49. The van der Waals surface area contributed by atoms with Gasteiger partial charge < -0.3 is 10.6 Å². The van der Waals surface area contributed by atoms with E-state index in [0.717, 1.165) is 31.4 Å². The lowest BCUT2D eigenvalue weighted by Gasteiger charge is -2.11. The summed E-state index contributed by atoms with van der Waals surface area (Å²) in [5.74, 6) is 1.91. The van der Waals surface area contributed by atoms with E-state index in [1.807, 2.05) is 18.4 Å². The molecule has 1 saturated carbocycles. The number of hydrogen-bond donors (Lipinski definition) is 2. The monoisotopic (exact) mass is 251 g/mol. The van der Waals surface area contributed by atoms with Crippen molar-refractivity contribution in [3.05, 3.63) is 22.4 Å². The van der Waals surface area contributed by atoms with Gasteiger partial charge in [0.1, 0.15) is 0 Å². The van der Waals surface area contributed by atoms with Gasteiger partial charge in [-0.05, 0) is 30.2 Å². The Bertz CT molecular complexity index is 342. The Balaban J connectivity index is 1.58. The molecule has 17 heavy (non-hydrogen) atoms. The summed E-state index contributed by atoms with van der Waals surface area (Å²) >= 11 is 1.81. The minimum Gasteiger partial charge on any atom is -0.356 e. The standard InChI is InChI=1S/C13H21N3S/c1-14-13(15-8-6-11-4-5-11)16-9-7-12-3-2-10-17-12/h2-3,10-11H,4-9H2,1H3,(H2,14,15,16). The summed E-state index contributed by atoms with van der Waals surface area (Å²) in [6.45, 7) is 1.99. The van der Waals surface area contributed by atoms with Crippen LogP contribution in [0.2, 0.25) is 0 Å². The van der Waals surface area contributed by atoms with Crippen molar-refractivity contribution in [2.45, 2.75) is 25.7 Å². The van der Waals surface area contributed by atoms with Gasteiger partial charge in [-0.2, -0.15) is 0 Å². The van der Waals surface area contributed by atoms with Crippen LogP contribution in [0.4, 0.5) is 0 Å². The smallest absolute Gasteiger partial charge is 0.190 e. The fourth-order valence-corrected chi connectivity index (χ4v) is 2.49.